The van der Waals surface area contributed by atoms with Gasteiger partial charge in [0.2, 0.25) is 0 Å². The van der Waals surface area contributed by atoms with Crippen molar-refractivity contribution >= 4 is 32.6 Å². The van der Waals surface area contributed by atoms with E-state index >= 15 is 0 Å². The molecule has 1 amide bonds. The molecule has 3 aromatic rings. The predicted molar refractivity (Wildman–Crippen MR) is 115 cm³/mol. The lowest BCUT2D eigenvalue weighted by Gasteiger charge is -2.21. The van der Waals surface area contributed by atoms with E-state index in [1.54, 1.807) is 11.3 Å². The van der Waals surface area contributed by atoms with Gasteiger partial charge in [-0.3, -0.25) is 9.69 Å². The third kappa shape index (κ3) is 4.37. The molecule has 0 aliphatic carbocycles. The second-order valence-corrected chi connectivity index (χ2v) is 8.34. The molecule has 0 bridgehead atoms. The number of thiazole rings is 1. The van der Waals surface area contributed by atoms with E-state index in [0.29, 0.717) is 6.54 Å². The zero-order valence-corrected chi connectivity index (χ0v) is 17.6. The quantitative estimate of drug-likeness (QED) is 0.614. The zero-order valence-electron chi connectivity index (χ0n) is 16.7. The number of hydrogen-bond acceptors (Lipinski definition) is 4. The molecule has 1 aromatic heterocycles. The van der Waals surface area contributed by atoms with E-state index in [0.717, 1.165) is 39.4 Å². The number of anilines is 1. The molecule has 4 nitrogen and oxygen atoms in total. The zero-order chi connectivity index (χ0) is 19.6. The van der Waals surface area contributed by atoms with E-state index in [4.69, 9.17) is 4.98 Å². The summed E-state index contributed by atoms with van der Waals surface area (Å²) in [5.41, 5.74) is 5.18. The number of amides is 1. The molecular weight excluding hydrogens is 354 g/mol. The van der Waals surface area contributed by atoms with Gasteiger partial charge < -0.3 is 4.90 Å². The minimum absolute atomic E-state index is 0.0272. The topological polar surface area (TPSA) is 36.4 Å². The van der Waals surface area contributed by atoms with Crippen molar-refractivity contribution in [2.45, 2.75) is 27.2 Å². The molecule has 0 saturated heterocycles. The van der Waals surface area contributed by atoms with Crippen molar-refractivity contribution in [1.29, 1.82) is 0 Å². The molecule has 1 heterocycles. The molecular formula is C22H27N3OS. The Morgan fingerprint density at radius 3 is 2.41 bits per heavy atom. The maximum Gasteiger partial charge on any atom is 0.260 e. The minimum atomic E-state index is 0.0272. The first-order chi connectivity index (χ1) is 12.9. The van der Waals surface area contributed by atoms with Crippen LogP contribution in [0, 0.1) is 20.8 Å². The van der Waals surface area contributed by atoms with Gasteiger partial charge in [0.15, 0.2) is 5.13 Å². The van der Waals surface area contributed by atoms with Crippen LogP contribution in [0.5, 0.6) is 0 Å². The van der Waals surface area contributed by atoms with Gasteiger partial charge in [-0.15, -0.1) is 0 Å². The van der Waals surface area contributed by atoms with E-state index < -0.39 is 0 Å². The van der Waals surface area contributed by atoms with E-state index in [1.165, 1.54) is 11.1 Å². The van der Waals surface area contributed by atoms with Gasteiger partial charge in [0.25, 0.3) is 5.91 Å². The smallest absolute Gasteiger partial charge is 0.260 e. The number of rotatable bonds is 6. The number of hydrogen-bond donors (Lipinski definition) is 0. The van der Waals surface area contributed by atoms with Crippen molar-refractivity contribution in [3.8, 4) is 0 Å². The average Bonchev–Trinajstić information content (AvgIpc) is 3.01. The second-order valence-electron chi connectivity index (χ2n) is 7.33. The highest BCUT2D eigenvalue weighted by molar-refractivity contribution is 7.22. The number of nitrogens with zero attached hydrogens (tertiary/aromatic N) is 3. The van der Waals surface area contributed by atoms with Gasteiger partial charge in [0.05, 0.1) is 10.2 Å². The maximum atomic E-state index is 13.3. The fourth-order valence-corrected chi connectivity index (χ4v) is 4.14. The Morgan fingerprint density at radius 2 is 1.70 bits per heavy atom. The summed E-state index contributed by atoms with van der Waals surface area (Å²) in [7, 11) is 4.10. The molecule has 0 N–H and O–H groups in total. The first-order valence-corrected chi connectivity index (χ1v) is 10.1. The summed E-state index contributed by atoms with van der Waals surface area (Å²) >= 11 is 1.60. The molecule has 0 unspecified atom stereocenters. The fraction of sp³-hybridized carbons (Fsp3) is 0.364. The second kappa shape index (κ2) is 8.19. The summed E-state index contributed by atoms with van der Waals surface area (Å²) < 4.78 is 1.13. The third-order valence-electron chi connectivity index (χ3n) is 4.83. The van der Waals surface area contributed by atoms with Crippen LogP contribution in [0.3, 0.4) is 0 Å². The maximum absolute atomic E-state index is 13.3. The molecule has 0 saturated carbocycles. The van der Waals surface area contributed by atoms with Crippen molar-refractivity contribution in [1.82, 2.24) is 9.88 Å². The Labute approximate surface area is 165 Å². The van der Waals surface area contributed by atoms with E-state index in [-0.39, 0.29) is 5.91 Å². The summed E-state index contributed by atoms with van der Waals surface area (Å²) in [6, 6.07) is 12.0. The summed E-state index contributed by atoms with van der Waals surface area (Å²) in [6.45, 7) is 7.78. The molecule has 0 aliphatic heterocycles. The van der Waals surface area contributed by atoms with Crippen LogP contribution >= 0.6 is 11.3 Å². The minimum Gasteiger partial charge on any atom is -0.309 e. The number of benzene rings is 2. The summed E-state index contributed by atoms with van der Waals surface area (Å²) in [6.07, 6.45) is 0.901. The van der Waals surface area contributed by atoms with E-state index in [2.05, 4.69) is 45.0 Å². The average molecular weight is 382 g/mol. The van der Waals surface area contributed by atoms with Gasteiger partial charge >= 0.3 is 0 Å². The molecule has 5 heteroatoms. The lowest BCUT2D eigenvalue weighted by Crippen LogP contribution is -2.33. The van der Waals surface area contributed by atoms with Gasteiger partial charge in [0.1, 0.15) is 0 Å². The number of aromatic nitrogens is 1. The van der Waals surface area contributed by atoms with Crippen LogP contribution in [0.1, 0.15) is 33.5 Å². The van der Waals surface area contributed by atoms with Crippen molar-refractivity contribution < 1.29 is 4.79 Å². The SMILES string of the molecule is Cc1cc2nc(N(CCCN(C)C)C(=O)c3ccccc3C)sc2cc1C. The number of carbonyl (C=O) groups excluding carboxylic acids is 1. The van der Waals surface area contributed by atoms with Crippen LogP contribution in [-0.4, -0.2) is 43.0 Å². The molecule has 0 aliphatic rings. The van der Waals surface area contributed by atoms with Crippen LogP contribution in [0.2, 0.25) is 0 Å². The summed E-state index contributed by atoms with van der Waals surface area (Å²) in [5, 5.41) is 0.780. The van der Waals surface area contributed by atoms with Crippen LogP contribution < -0.4 is 4.90 Å². The predicted octanol–water partition coefficient (Wildman–Crippen LogP) is 4.82. The van der Waals surface area contributed by atoms with Crippen molar-refractivity contribution in [2.75, 3.05) is 32.1 Å². The van der Waals surface area contributed by atoms with Crippen LogP contribution in [0.25, 0.3) is 10.2 Å². The highest BCUT2D eigenvalue weighted by Crippen LogP contribution is 2.32. The van der Waals surface area contributed by atoms with E-state index in [1.807, 2.05) is 36.1 Å². The van der Waals surface area contributed by atoms with Gasteiger partial charge in [-0.05, 0) is 82.7 Å². The fourth-order valence-electron chi connectivity index (χ4n) is 3.07. The highest BCUT2D eigenvalue weighted by Gasteiger charge is 2.22. The van der Waals surface area contributed by atoms with Crippen LogP contribution in [0.4, 0.5) is 5.13 Å². The molecule has 0 atom stereocenters. The number of aryl methyl sites for hydroxylation is 3. The lowest BCUT2D eigenvalue weighted by atomic mass is 10.1. The van der Waals surface area contributed by atoms with Gasteiger partial charge in [0, 0.05) is 12.1 Å². The summed E-state index contributed by atoms with van der Waals surface area (Å²) in [4.78, 5) is 22.1. The first-order valence-electron chi connectivity index (χ1n) is 9.27. The highest BCUT2D eigenvalue weighted by atomic mass is 32.1. The van der Waals surface area contributed by atoms with Crippen molar-refractivity contribution in [2.24, 2.45) is 0 Å². The molecule has 142 valence electrons. The van der Waals surface area contributed by atoms with Crippen LogP contribution in [0.15, 0.2) is 36.4 Å². The monoisotopic (exact) mass is 381 g/mol. The molecule has 0 radical (unpaired) electrons. The van der Waals surface area contributed by atoms with Gasteiger partial charge in [-0.25, -0.2) is 4.98 Å². The van der Waals surface area contributed by atoms with Gasteiger partial charge in [-0.2, -0.15) is 0 Å². The Balaban J connectivity index is 1.98. The molecule has 3 rings (SSSR count). The Morgan fingerprint density at radius 1 is 1.00 bits per heavy atom. The first kappa shape index (κ1) is 19.5. The summed E-state index contributed by atoms with van der Waals surface area (Å²) in [5.74, 6) is 0.0272. The van der Waals surface area contributed by atoms with E-state index in [9.17, 15) is 4.79 Å². The van der Waals surface area contributed by atoms with Crippen molar-refractivity contribution in [3.63, 3.8) is 0 Å². The largest absolute Gasteiger partial charge is 0.309 e. The Bertz CT molecular complexity index is 922. The molecule has 27 heavy (non-hydrogen) atoms. The lowest BCUT2D eigenvalue weighted by molar-refractivity contribution is 0.0985. The Hall–Kier alpha value is -2.24. The normalized spacial score (nSPS) is 11.3. The number of fused-ring (bicyclic) bond motifs is 1. The third-order valence-corrected chi connectivity index (χ3v) is 5.87. The molecule has 2 aromatic carbocycles. The van der Waals surface area contributed by atoms with Crippen molar-refractivity contribution in [3.05, 3.63) is 58.7 Å². The van der Waals surface area contributed by atoms with Gasteiger partial charge in [-0.1, -0.05) is 29.5 Å². The Kier molecular flexibility index (Phi) is 5.92. The molecule has 0 fully saturated rings. The van der Waals surface area contributed by atoms with Crippen LogP contribution in [-0.2, 0) is 0 Å². The number of carbonyl (C=O) groups is 1. The standard InChI is InChI=1S/C22H27N3OS/c1-15-9-6-7-10-18(15)21(26)25(12-8-11-24(4)5)22-23-19-13-16(2)17(3)14-20(19)27-22/h6-7,9-10,13-14H,8,11-12H2,1-5H3. The molecule has 0 spiro atoms.